The number of rotatable bonds is 8. The maximum atomic E-state index is 6.29. The quantitative estimate of drug-likeness (QED) is 0.260. The molecular formula is C20H30Cl2N4OSSi. The van der Waals surface area contributed by atoms with Gasteiger partial charge in [-0.25, -0.2) is 9.97 Å². The van der Waals surface area contributed by atoms with E-state index in [9.17, 15) is 0 Å². The number of hydrogen-bond acceptors (Lipinski definition) is 6. The number of anilines is 2. The van der Waals surface area contributed by atoms with Crippen LogP contribution in [0.1, 0.15) is 33.3 Å². The van der Waals surface area contributed by atoms with E-state index in [0.29, 0.717) is 39.2 Å². The standard InChI is InChI=1S/C20H30Cl2N4OSSi/c1-13(11-27-29(5,6)20(2,3)4)24-17-10-16(23)25-19(26-17)28-12-14-8-7-9-15(21)18(14)22/h7-10,13H,11-12H2,1-6H3,(H3,23,24,25,26)/t13-/m1/s1. The van der Waals surface area contributed by atoms with Crippen LogP contribution in [0.3, 0.4) is 0 Å². The van der Waals surface area contributed by atoms with Gasteiger partial charge < -0.3 is 15.5 Å². The first kappa shape index (κ1) is 24.3. The second-order valence-electron chi connectivity index (χ2n) is 8.58. The van der Waals surface area contributed by atoms with Crippen LogP contribution >= 0.6 is 35.0 Å². The highest BCUT2D eigenvalue weighted by molar-refractivity contribution is 7.98. The smallest absolute Gasteiger partial charge is 0.192 e. The van der Waals surface area contributed by atoms with Crippen LogP contribution in [0.2, 0.25) is 28.2 Å². The van der Waals surface area contributed by atoms with Crippen molar-refractivity contribution >= 4 is 54.9 Å². The number of nitrogens with one attached hydrogen (secondary N) is 1. The molecule has 0 fully saturated rings. The van der Waals surface area contributed by atoms with Crippen LogP contribution < -0.4 is 11.1 Å². The topological polar surface area (TPSA) is 73.1 Å². The SMILES string of the molecule is C[C@H](CO[Si](C)(C)C(C)(C)C)Nc1cc(N)nc(SCc2cccc(Cl)c2Cl)n1. The van der Waals surface area contributed by atoms with E-state index in [1.165, 1.54) is 11.8 Å². The predicted molar refractivity (Wildman–Crippen MR) is 129 cm³/mol. The molecule has 9 heteroatoms. The zero-order chi connectivity index (χ0) is 21.8. The molecule has 0 bridgehead atoms. The van der Waals surface area contributed by atoms with Crippen molar-refractivity contribution in [3.63, 3.8) is 0 Å². The number of hydrogen-bond donors (Lipinski definition) is 2. The van der Waals surface area contributed by atoms with Gasteiger partial charge in [0.05, 0.1) is 16.7 Å². The van der Waals surface area contributed by atoms with E-state index in [0.717, 1.165) is 5.56 Å². The summed E-state index contributed by atoms with van der Waals surface area (Å²) in [4.78, 5) is 8.89. The van der Waals surface area contributed by atoms with Crippen molar-refractivity contribution < 1.29 is 4.43 Å². The van der Waals surface area contributed by atoms with Gasteiger partial charge in [-0.15, -0.1) is 0 Å². The lowest BCUT2D eigenvalue weighted by molar-refractivity contribution is 0.276. The lowest BCUT2D eigenvalue weighted by atomic mass is 10.2. The molecule has 0 unspecified atom stereocenters. The Hall–Kier alpha value is -0.993. The minimum absolute atomic E-state index is 0.0960. The summed E-state index contributed by atoms with van der Waals surface area (Å²) in [5, 5.41) is 5.23. The number of thioether (sulfide) groups is 1. The van der Waals surface area contributed by atoms with E-state index in [2.05, 4.69) is 56.1 Å². The van der Waals surface area contributed by atoms with Crippen molar-refractivity contribution in [2.24, 2.45) is 0 Å². The normalized spacial score (nSPS) is 13.4. The van der Waals surface area contributed by atoms with Crippen molar-refractivity contribution in [3.05, 3.63) is 39.9 Å². The summed E-state index contributed by atoms with van der Waals surface area (Å²) in [5.41, 5.74) is 6.91. The van der Waals surface area contributed by atoms with E-state index in [1.54, 1.807) is 12.1 Å². The number of aromatic nitrogens is 2. The van der Waals surface area contributed by atoms with Gasteiger partial charge in [0, 0.05) is 17.9 Å². The molecule has 160 valence electrons. The molecule has 1 aromatic carbocycles. The highest BCUT2D eigenvalue weighted by Crippen LogP contribution is 2.36. The Morgan fingerprint density at radius 1 is 1.24 bits per heavy atom. The van der Waals surface area contributed by atoms with Gasteiger partial charge in [0.15, 0.2) is 13.5 Å². The molecular weight excluding hydrogens is 443 g/mol. The van der Waals surface area contributed by atoms with Crippen LogP contribution in [0, 0.1) is 0 Å². The largest absolute Gasteiger partial charge is 0.415 e. The molecule has 0 aliphatic carbocycles. The molecule has 2 aromatic rings. The maximum Gasteiger partial charge on any atom is 0.192 e. The molecule has 29 heavy (non-hydrogen) atoms. The molecule has 0 saturated carbocycles. The second kappa shape index (κ2) is 9.88. The summed E-state index contributed by atoms with van der Waals surface area (Å²) in [6.45, 7) is 13.9. The Morgan fingerprint density at radius 3 is 2.59 bits per heavy atom. The van der Waals surface area contributed by atoms with Gasteiger partial charge in [0.1, 0.15) is 11.6 Å². The van der Waals surface area contributed by atoms with Gasteiger partial charge in [0.2, 0.25) is 0 Å². The predicted octanol–water partition coefficient (Wildman–Crippen LogP) is 6.48. The molecule has 2 rings (SSSR count). The molecule has 1 heterocycles. The third-order valence-electron chi connectivity index (χ3n) is 5.01. The average Bonchev–Trinajstić information content (AvgIpc) is 2.60. The summed E-state index contributed by atoms with van der Waals surface area (Å²) >= 11 is 13.8. The molecule has 1 atom stereocenters. The molecule has 0 spiro atoms. The molecule has 5 nitrogen and oxygen atoms in total. The van der Waals surface area contributed by atoms with Gasteiger partial charge >= 0.3 is 0 Å². The van der Waals surface area contributed by atoms with Gasteiger partial charge in [-0.2, -0.15) is 0 Å². The maximum absolute atomic E-state index is 6.29. The molecule has 0 amide bonds. The van der Waals surface area contributed by atoms with Crippen molar-refractivity contribution in [2.75, 3.05) is 17.7 Å². The Balaban J connectivity index is 2.00. The van der Waals surface area contributed by atoms with Crippen molar-refractivity contribution in [1.82, 2.24) is 9.97 Å². The highest BCUT2D eigenvalue weighted by atomic mass is 35.5. The van der Waals surface area contributed by atoms with Crippen molar-refractivity contribution in [2.45, 2.75) is 62.8 Å². The van der Waals surface area contributed by atoms with Crippen LogP contribution in [-0.2, 0) is 10.2 Å². The highest BCUT2D eigenvalue weighted by Gasteiger charge is 2.37. The molecule has 1 aromatic heterocycles. The minimum atomic E-state index is -1.79. The summed E-state index contributed by atoms with van der Waals surface area (Å²) in [5.74, 6) is 1.70. The monoisotopic (exact) mass is 472 g/mol. The number of nitrogens with zero attached hydrogens (tertiary/aromatic N) is 2. The Labute approximate surface area is 189 Å². The summed E-state index contributed by atoms with van der Waals surface area (Å²) in [6, 6.07) is 7.41. The zero-order valence-corrected chi connectivity index (χ0v) is 21.2. The number of benzene rings is 1. The number of nitrogen functional groups attached to an aromatic ring is 1. The van der Waals surface area contributed by atoms with E-state index in [1.807, 2.05) is 12.1 Å². The minimum Gasteiger partial charge on any atom is -0.415 e. The zero-order valence-electron chi connectivity index (χ0n) is 17.8. The molecule has 0 aliphatic rings. The van der Waals surface area contributed by atoms with E-state index in [4.69, 9.17) is 33.4 Å². The van der Waals surface area contributed by atoms with E-state index in [-0.39, 0.29) is 11.1 Å². The first-order chi connectivity index (χ1) is 13.4. The lowest BCUT2D eigenvalue weighted by Crippen LogP contribution is -2.43. The van der Waals surface area contributed by atoms with Crippen LogP contribution in [0.15, 0.2) is 29.4 Å². The number of nitrogens with two attached hydrogens (primary N) is 1. The first-order valence-corrected chi connectivity index (χ1v) is 14.1. The van der Waals surface area contributed by atoms with Gasteiger partial charge in [-0.1, -0.05) is 67.9 Å². The number of halogens is 2. The summed E-state index contributed by atoms with van der Waals surface area (Å²) in [7, 11) is -1.79. The Kier molecular flexibility index (Phi) is 8.27. The summed E-state index contributed by atoms with van der Waals surface area (Å²) in [6.07, 6.45) is 0. The van der Waals surface area contributed by atoms with Crippen LogP contribution in [0.4, 0.5) is 11.6 Å². The van der Waals surface area contributed by atoms with Crippen LogP contribution in [0.25, 0.3) is 0 Å². The van der Waals surface area contributed by atoms with Gasteiger partial charge in [-0.3, -0.25) is 0 Å². The van der Waals surface area contributed by atoms with Crippen LogP contribution in [0.5, 0.6) is 0 Å². The third kappa shape index (κ3) is 7.03. The molecule has 0 saturated heterocycles. The lowest BCUT2D eigenvalue weighted by Gasteiger charge is -2.37. The first-order valence-electron chi connectivity index (χ1n) is 9.50. The van der Waals surface area contributed by atoms with E-state index >= 15 is 0 Å². The third-order valence-corrected chi connectivity index (χ3v) is 11.3. The van der Waals surface area contributed by atoms with Crippen molar-refractivity contribution in [3.8, 4) is 0 Å². The second-order valence-corrected chi connectivity index (χ2v) is 15.1. The van der Waals surface area contributed by atoms with E-state index < -0.39 is 8.32 Å². The van der Waals surface area contributed by atoms with Crippen LogP contribution in [-0.4, -0.2) is 30.9 Å². The summed E-state index contributed by atoms with van der Waals surface area (Å²) < 4.78 is 6.29. The average molecular weight is 474 g/mol. The Morgan fingerprint density at radius 2 is 1.93 bits per heavy atom. The van der Waals surface area contributed by atoms with Crippen molar-refractivity contribution in [1.29, 1.82) is 0 Å². The molecule has 0 aliphatic heterocycles. The fourth-order valence-electron chi connectivity index (χ4n) is 2.23. The molecule has 3 N–H and O–H groups in total. The Bertz CT molecular complexity index is 846. The molecule has 0 radical (unpaired) electrons. The fraction of sp³-hybridized carbons (Fsp3) is 0.500. The van der Waals surface area contributed by atoms with Gasteiger partial charge in [-0.05, 0) is 36.7 Å². The van der Waals surface area contributed by atoms with Gasteiger partial charge in [0.25, 0.3) is 0 Å². The fourth-order valence-corrected chi connectivity index (χ4v) is 4.65.